The number of anilines is 2. The van der Waals surface area contributed by atoms with Gasteiger partial charge >= 0.3 is 0 Å². The van der Waals surface area contributed by atoms with E-state index in [2.05, 4.69) is 42.5 Å². The first kappa shape index (κ1) is 13.3. The van der Waals surface area contributed by atoms with Crippen LogP contribution in [0.15, 0.2) is 30.9 Å². The molecule has 3 heterocycles. The molecule has 3 N–H and O–H groups in total. The molecule has 0 aliphatic heterocycles. The molecule has 0 aliphatic rings. The number of imidazole rings is 1. The van der Waals surface area contributed by atoms with Crippen molar-refractivity contribution in [3.05, 3.63) is 36.4 Å². The fourth-order valence-corrected chi connectivity index (χ4v) is 1.97. The number of hydrogen-bond acceptors (Lipinski definition) is 6. The van der Waals surface area contributed by atoms with E-state index in [-0.39, 0.29) is 0 Å². The molecule has 21 heavy (non-hydrogen) atoms. The average molecular weight is 283 g/mol. The van der Waals surface area contributed by atoms with Crippen LogP contribution < -0.4 is 10.6 Å². The number of pyridine rings is 1. The van der Waals surface area contributed by atoms with E-state index in [4.69, 9.17) is 0 Å². The van der Waals surface area contributed by atoms with Crippen molar-refractivity contribution in [2.75, 3.05) is 17.2 Å². The largest absolute Gasteiger partial charge is 0.368 e. The number of rotatable bonds is 6. The highest BCUT2D eigenvalue weighted by atomic mass is 15.2. The maximum Gasteiger partial charge on any atom is 0.227 e. The summed E-state index contributed by atoms with van der Waals surface area (Å²) < 4.78 is 0. The van der Waals surface area contributed by atoms with Crippen LogP contribution in [-0.4, -0.2) is 31.5 Å². The molecule has 108 valence electrons. The first-order valence-corrected chi connectivity index (χ1v) is 6.94. The van der Waals surface area contributed by atoms with Crippen LogP contribution in [-0.2, 0) is 6.54 Å². The Morgan fingerprint density at radius 2 is 2.19 bits per heavy atom. The van der Waals surface area contributed by atoms with Gasteiger partial charge in [-0.2, -0.15) is 9.97 Å². The first-order valence-electron chi connectivity index (χ1n) is 6.94. The summed E-state index contributed by atoms with van der Waals surface area (Å²) in [7, 11) is 0. The van der Waals surface area contributed by atoms with Crippen LogP contribution in [0.1, 0.15) is 18.9 Å². The van der Waals surface area contributed by atoms with Crippen molar-refractivity contribution in [3.63, 3.8) is 0 Å². The molecule has 0 aromatic carbocycles. The minimum atomic E-state index is 0.553. The summed E-state index contributed by atoms with van der Waals surface area (Å²) in [5.41, 5.74) is 2.55. The van der Waals surface area contributed by atoms with Crippen LogP contribution in [0.4, 0.5) is 11.8 Å². The third-order valence-corrected chi connectivity index (χ3v) is 3.00. The van der Waals surface area contributed by atoms with E-state index < -0.39 is 0 Å². The molecule has 3 aromatic rings. The molecule has 7 nitrogen and oxygen atoms in total. The van der Waals surface area contributed by atoms with Crippen LogP contribution in [0, 0.1) is 0 Å². The lowest BCUT2D eigenvalue weighted by atomic mass is 10.3. The Bertz CT molecular complexity index is 708. The molecule has 0 fully saturated rings. The fraction of sp³-hybridized carbons (Fsp3) is 0.286. The Morgan fingerprint density at radius 3 is 3.00 bits per heavy atom. The zero-order chi connectivity index (χ0) is 14.5. The zero-order valence-electron chi connectivity index (χ0n) is 11.8. The van der Waals surface area contributed by atoms with Gasteiger partial charge in [-0.3, -0.25) is 4.98 Å². The van der Waals surface area contributed by atoms with Gasteiger partial charge < -0.3 is 15.6 Å². The van der Waals surface area contributed by atoms with Gasteiger partial charge in [-0.15, -0.1) is 0 Å². The normalized spacial score (nSPS) is 10.7. The van der Waals surface area contributed by atoms with Gasteiger partial charge in [0.2, 0.25) is 5.95 Å². The highest BCUT2D eigenvalue weighted by Crippen LogP contribution is 2.18. The Labute approximate surface area is 122 Å². The molecular weight excluding hydrogens is 266 g/mol. The molecule has 3 aromatic heterocycles. The molecule has 0 unspecified atom stereocenters. The van der Waals surface area contributed by atoms with Crippen molar-refractivity contribution in [1.82, 2.24) is 24.9 Å². The predicted octanol–water partition coefficient (Wildman–Crippen LogP) is 2.18. The van der Waals surface area contributed by atoms with E-state index in [1.54, 1.807) is 12.5 Å². The molecule has 0 saturated carbocycles. The lowest BCUT2D eigenvalue weighted by Gasteiger charge is -2.08. The van der Waals surface area contributed by atoms with Gasteiger partial charge in [0.1, 0.15) is 5.52 Å². The zero-order valence-corrected chi connectivity index (χ0v) is 11.8. The Hall–Kier alpha value is -2.70. The van der Waals surface area contributed by atoms with E-state index >= 15 is 0 Å². The van der Waals surface area contributed by atoms with Crippen LogP contribution in [0.2, 0.25) is 0 Å². The SMILES string of the molecule is CCCNc1nc(NCc2cccnc2)nc2nc[nH]c12. The van der Waals surface area contributed by atoms with Gasteiger partial charge in [0.25, 0.3) is 0 Å². The standard InChI is InChI=1S/C14H17N7/c1-2-5-16-12-11-13(19-9-18-11)21-14(20-12)17-8-10-4-3-6-15-7-10/h3-4,6-7,9H,2,5,8H2,1H3,(H3,16,17,18,19,20,21). The number of nitrogens with one attached hydrogen (secondary N) is 3. The van der Waals surface area contributed by atoms with E-state index in [0.717, 1.165) is 29.9 Å². The van der Waals surface area contributed by atoms with Crippen LogP contribution >= 0.6 is 0 Å². The second-order valence-corrected chi connectivity index (χ2v) is 4.64. The van der Waals surface area contributed by atoms with Gasteiger partial charge in [-0.25, -0.2) is 4.98 Å². The number of hydrogen-bond donors (Lipinski definition) is 3. The number of nitrogens with zero attached hydrogens (tertiary/aromatic N) is 4. The molecular formula is C14H17N7. The molecule has 0 bridgehead atoms. The fourth-order valence-electron chi connectivity index (χ4n) is 1.97. The van der Waals surface area contributed by atoms with Gasteiger partial charge in [0.05, 0.1) is 6.33 Å². The minimum absolute atomic E-state index is 0.553. The monoisotopic (exact) mass is 283 g/mol. The predicted molar refractivity (Wildman–Crippen MR) is 82.0 cm³/mol. The van der Waals surface area contributed by atoms with E-state index in [0.29, 0.717) is 18.1 Å². The molecule has 0 atom stereocenters. The van der Waals surface area contributed by atoms with E-state index in [1.807, 2.05) is 18.3 Å². The van der Waals surface area contributed by atoms with Crippen LogP contribution in [0.3, 0.4) is 0 Å². The summed E-state index contributed by atoms with van der Waals surface area (Å²) in [6, 6.07) is 3.91. The summed E-state index contributed by atoms with van der Waals surface area (Å²) in [4.78, 5) is 20.2. The molecule has 3 rings (SSSR count). The average Bonchev–Trinajstić information content (AvgIpc) is 3.00. The summed E-state index contributed by atoms with van der Waals surface area (Å²) in [6.07, 6.45) is 6.22. The third kappa shape index (κ3) is 3.07. The van der Waals surface area contributed by atoms with Crippen LogP contribution in [0.25, 0.3) is 11.2 Å². The molecule has 0 aliphatic carbocycles. The van der Waals surface area contributed by atoms with Gasteiger partial charge in [-0.05, 0) is 18.1 Å². The van der Waals surface area contributed by atoms with Crippen molar-refractivity contribution in [3.8, 4) is 0 Å². The van der Waals surface area contributed by atoms with Gasteiger partial charge in [0.15, 0.2) is 11.5 Å². The highest BCUT2D eigenvalue weighted by Gasteiger charge is 2.09. The van der Waals surface area contributed by atoms with Gasteiger partial charge in [0, 0.05) is 25.5 Å². The summed E-state index contributed by atoms with van der Waals surface area (Å²) in [5, 5.41) is 6.49. The summed E-state index contributed by atoms with van der Waals surface area (Å²) in [5.74, 6) is 1.32. The van der Waals surface area contributed by atoms with Crippen LogP contribution in [0.5, 0.6) is 0 Å². The maximum absolute atomic E-state index is 4.50. The quantitative estimate of drug-likeness (QED) is 0.642. The minimum Gasteiger partial charge on any atom is -0.368 e. The lowest BCUT2D eigenvalue weighted by Crippen LogP contribution is -2.08. The summed E-state index contributed by atoms with van der Waals surface area (Å²) in [6.45, 7) is 3.59. The Balaban J connectivity index is 1.81. The molecule has 0 saturated heterocycles. The molecule has 0 spiro atoms. The van der Waals surface area contributed by atoms with Crippen molar-refractivity contribution < 1.29 is 0 Å². The van der Waals surface area contributed by atoms with E-state index in [9.17, 15) is 0 Å². The number of aromatic nitrogens is 5. The first-order chi connectivity index (χ1) is 10.4. The van der Waals surface area contributed by atoms with E-state index in [1.165, 1.54) is 0 Å². The smallest absolute Gasteiger partial charge is 0.227 e. The third-order valence-electron chi connectivity index (χ3n) is 3.00. The molecule has 7 heteroatoms. The number of aromatic amines is 1. The highest BCUT2D eigenvalue weighted by molar-refractivity contribution is 5.83. The second-order valence-electron chi connectivity index (χ2n) is 4.64. The van der Waals surface area contributed by atoms with Crippen molar-refractivity contribution in [2.45, 2.75) is 19.9 Å². The number of fused-ring (bicyclic) bond motifs is 1. The topological polar surface area (TPSA) is 91.4 Å². The van der Waals surface area contributed by atoms with Crippen molar-refractivity contribution in [2.24, 2.45) is 0 Å². The lowest BCUT2D eigenvalue weighted by molar-refractivity contribution is 0.965. The molecule has 0 radical (unpaired) electrons. The Morgan fingerprint density at radius 1 is 1.24 bits per heavy atom. The summed E-state index contributed by atoms with van der Waals surface area (Å²) >= 11 is 0. The van der Waals surface area contributed by atoms with Crippen molar-refractivity contribution in [1.29, 1.82) is 0 Å². The Kier molecular flexibility index (Phi) is 3.90. The molecule has 0 amide bonds. The maximum atomic E-state index is 4.50. The second kappa shape index (κ2) is 6.17. The van der Waals surface area contributed by atoms with Gasteiger partial charge in [-0.1, -0.05) is 13.0 Å². The number of H-pyrrole nitrogens is 1. The van der Waals surface area contributed by atoms with Crippen molar-refractivity contribution >= 4 is 22.9 Å².